The highest BCUT2D eigenvalue weighted by Crippen LogP contribution is 2.52. The number of hydrogen-bond acceptors (Lipinski definition) is 3. The van der Waals surface area contributed by atoms with Gasteiger partial charge < -0.3 is 0 Å². The minimum Gasteiger partial charge on any atom is -0.208 e. The van der Waals surface area contributed by atoms with Crippen molar-refractivity contribution >= 4 is 32.3 Å². The van der Waals surface area contributed by atoms with Crippen LogP contribution in [0.15, 0.2) is 164 Å². The first-order chi connectivity index (χ1) is 25.1. The fourth-order valence-electron chi connectivity index (χ4n) is 8.39. The highest BCUT2D eigenvalue weighted by Gasteiger charge is 2.37. The molecule has 0 atom stereocenters. The minimum absolute atomic E-state index is 0.128. The molecule has 1 aliphatic carbocycles. The maximum Gasteiger partial charge on any atom is 0.164 e. The summed E-state index contributed by atoms with van der Waals surface area (Å²) in [6.45, 7) is 4.71. The Kier molecular flexibility index (Phi) is 6.53. The Morgan fingerprint density at radius 1 is 0.314 bits per heavy atom. The van der Waals surface area contributed by atoms with Crippen molar-refractivity contribution in [2.24, 2.45) is 0 Å². The van der Waals surface area contributed by atoms with E-state index in [1.165, 1.54) is 38.8 Å². The molecule has 1 aromatic heterocycles. The molecule has 10 rings (SSSR count). The molecule has 0 N–H and O–H groups in total. The van der Waals surface area contributed by atoms with Crippen LogP contribution in [0.3, 0.4) is 0 Å². The van der Waals surface area contributed by atoms with Crippen LogP contribution in [-0.4, -0.2) is 15.0 Å². The second kappa shape index (κ2) is 11.3. The smallest absolute Gasteiger partial charge is 0.164 e. The van der Waals surface area contributed by atoms with Gasteiger partial charge in [0.2, 0.25) is 0 Å². The summed E-state index contributed by atoms with van der Waals surface area (Å²) in [5.41, 5.74) is 10.7. The van der Waals surface area contributed by atoms with Gasteiger partial charge in [-0.3, -0.25) is 0 Å². The van der Waals surface area contributed by atoms with E-state index in [0.717, 1.165) is 43.6 Å². The van der Waals surface area contributed by atoms with Crippen molar-refractivity contribution < 1.29 is 0 Å². The van der Waals surface area contributed by atoms with Crippen LogP contribution < -0.4 is 0 Å². The molecule has 1 aliphatic rings. The molecule has 1 heterocycles. The average Bonchev–Trinajstić information content (AvgIpc) is 3.43. The second-order valence-electron chi connectivity index (χ2n) is 14.0. The lowest BCUT2D eigenvalue weighted by atomic mass is 9.78. The van der Waals surface area contributed by atoms with Crippen LogP contribution in [0.25, 0.3) is 88.7 Å². The predicted octanol–water partition coefficient (Wildman–Crippen LogP) is 12.3. The van der Waals surface area contributed by atoms with Crippen LogP contribution in [0.2, 0.25) is 0 Å². The van der Waals surface area contributed by atoms with Crippen molar-refractivity contribution in [3.8, 4) is 56.4 Å². The van der Waals surface area contributed by atoms with Crippen molar-refractivity contribution in [2.45, 2.75) is 19.3 Å². The van der Waals surface area contributed by atoms with Gasteiger partial charge in [0.25, 0.3) is 0 Å². The van der Waals surface area contributed by atoms with Crippen LogP contribution in [0.5, 0.6) is 0 Å². The molecule has 0 radical (unpaired) electrons. The third-order valence-electron chi connectivity index (χ3n) is 10.7. The Morgan fingerprint density at radius 2 is 0.667 bits per heavy atom. The molecule has 240 valence electrons. The molecule has 8 aromatic carbocycles. The Hall–Kier alpha value is -6.45. The van der Waals surface area contributed by atoms with Crippen molar-refractivity contribution in [1.82, 2.24) is 15.0 Å². The van der Waals surface area contributed by atoms with Crippen LogP contribution in [0.4, 0.5) is 0 Å². The van der Waals surface area contributed by atoms with E-state index in [-0.39, 0.29) is 5.41 Å². The summed E-state index contributed by atoms with van der Waals surface area (Å²) in [4.78, 5) is 15.7. The number of benzene rings is 8. The van der Waals surface area contributed by atoms with E-state index in [1.807, 2.05) is 0 Å². The normalized spacial score (nSPS) is 13.1. The van der Waals surface area contributed by atoms with Crippen LogP contribution in [0, 0.1) is 0 Å². The van der Waals surface area contributed by atoms with Gasteiger partial charge in [-0.05, 0) is 65.7 Å². The average molecular weight is 652 g/mol. The first kappa shape index (κ1) is 29.5. The molecule has 51 heavy (non-hydrogen) atoms. The van der Waals surface area contributed by atoms with Crippen LogP contribution in [-0.2, 0) is 5.41 Å². The molecular weight excluding hydrogens is 619 g/mol. The Bertz CT molecular complexity index is 2740. The Labute approximate surface area is 297 Å². The van der Waals surface area contributed by atoms with E-state index in [0.29, 0.717) is 17.5 Å². The number of fused-ring (bicyclic) bond motifs is 6. The molecule has 3 nitrogen and oxygen atoms in total. The van der Waals surface area contributed by atoms with Gasteiger partial charge in [-0.1, -0.05) is 178 Å². The van der Waals surface area contributed by atoms with Gasteiger partial charge in [-0.25, -0.2) is 15.0 Å². The summed E-state index contributed by atoms with van der Waals surface area (Å²) < 4.78 is 0. The fourth-order valence-corrected chi connectivity index (χ4v) is 8.39. The van der Waals surface area contributed by atoms with E-state index in [4.69, 9.17) is 15.0 Å². The van der Waals surface area contributed by atoms with Crippen molar-refractivity contribution in [3.05, 3.63) is 175 Å². The summed E-state index contributed by atoms with van der Waals surface area (Å²) in [5.74, 6) is 1.98. The zero-order valence-corrected chi connectivity index (χ0v) is 28.4. The van der Waals surface area contributed by atoms with Gasteiger partial charge in [0, 0.05) is 22.1 Å². The van der Waals surface area contributed by atoms with Crippen LogP contribution in [0.1, 0.15) is 25.0 Å². The number of rotatable bonds is 4. The van der Waals surface area contributed by atoms with Gasteiger partial charge in [-0.15, -0.1) is 0 Å². The zero-order valence-electron chi connectivity index (χ0n) is 28.4. The van der Waals surface area contributed by atoms with Gasteiger partial charge >= 0.3 is 0 Å². The molecule has 0 amide bonds. The molecule has 0 unspecified atom stereocenters. The molecule has 0 saturated carbocycles. The lowest BCUT2D eigenvalue weighted by Gasteiger charge is -2.25. The summed E-state index contributed by atoms with van der Waals surface area (Å²) in [6, 6.07) is 58.3. The standard InChI is InChI=1S/C48H33N3/c1-48(2)43-29-8-7-20-37(43)39-25-13-24-38(44(39)48)35-22-11-23-36-34(35)21-12-28-42(36)47-50-45(40-26-9-16-30-14-3-5-18-32(30)40)49-46(51-47)41-27-10-17-31-15-4-6-19-33(31)41/h3-29H,1-2H3. The van der Waals surface area contributed by atoms with Crippen molar-refractivity contribution in [2.75, 3.05) is 0 Å². The summed E-state index contributed by atoms with van der Waals surface area (Å²) in [5, 5.41) is 6.82. The molecule has 0 saturated heterocycles. The van der Waals surface area contributed by atoms with Gasteiger partial charge in [0.05, 0.1) is 0 Å². The monoisotopic (exact) mass is 651 g/mol. The fraction of sp³-hybridized carbons (Fsp3) is 0.0625. The summed E-state index contributed by atoms with van der Waals surface area (Å²) in [6.07, 6.45) is 0. The Morgan fingerprint density at radius 3 is 1.27 bits per heavy atom. The molecule has 0 bridgehead atoms. The topological polar surface area (TPSA) is 38.7 Å². The SMILES string of the molecule is CC1(C)c2ccccc2-c2cccc(-c3cccc4c(-c5nc(-c6cccc7ccccc67)nc(-c6cccc7ccccc67)n5)cccc34)c21. The van der Waals surface area contributed by atoms with E-state index in [2.05, 4.69) is 178 Å². The quantitative estimate of drug-likeness (QED) is 0.190. The highest BCUT2D eigenvalue weighted by atomic mass is 15.0. The molecule has 3 heteroatoms. The molecule has 0 aliphatic heterocycles. The van der Waals surface area contributed by atoms with Gasteiger partial charge in [0.15, 0.2) is 17.5 Å². The molecule has 9 aromatic rings. The largest absolute Gasteiger partial charge is 0.208 e. The van der Waals surface area contributed by atoms with E-state index in [9.17, 15) is 0 Å². The predicted molar refractivity (Wildman–Crippen MR) is 212 cm³/mol. The maximum absolute atomic E-state index is 5.27. The third-order valence-corrected chi connectivity index (χ3v) is 10.7. The molecular formula is C48H33N3. The van der Waals surface area contributed by atoms with Crippen molar-refractivity contribution in [1.29, 1.82) is 0 Å². The van der Waals surface area contributed by atoms with Crippen molar-refractivity contribution in [3.63, 3.8) is 0 Å². The lowest BCUT2D eigenvalue weighted by Crippen LogP contribution is -2.16. The van der Waals surface area contributed by atoms with E-state index in [1.54, 1.807) is 0 Å². The second-order valence-corrected chi connectivity index (χ2v) is 14.0. The van der Waals surface area contributed by atoms with E-state index >= 15 is 0 Å². The van der Waals surface area contributed by atoms with Gasteiger partial charge in [0.1, 0.15) is 0 Å². The number of nitrogens with zero attached hydrogens (tertiary/aromatic N) is 3. The van der Waals surface area contributed by atoms with Gasteiger partial charge in [-0.2, -0.15) is 0 Å². The summed E-state index contributed by atoms with van der Waals surface area (Å²) >= 11 is 0. The Balaban J connectivity index is 1.22. The molecule has 0 spiro atoms. The van der Waals surface area contributed by atoms with Crippen LogP contribution >= 0.6 is 0 Å². The number of aromatic nitrogens is 3. The first-order valence-electron chi connectivity index (χ1n) is 17.5. The molecule has 0 fully saturated rings. The number of hydrogen-bond donors (Lipinski definition) is 0. The maximum atomic E-state index is 5.27. The lowest BCUT2D eigenvalue weighted by molar-refractivity contribution is 0.662. The zero-order chi connectivity index (χ0) is 34.1. The summed E-state index contributed by atoms with van der Waals surface area (Å²) in [7, 11) is 0. The third kappa shape index (κ3) is 4.55. The highest BCUT2D eigenvalue weighted by molar-refractivity contribution is 6.06. The van der Waals surface area contributed by atoms with E-state index < -0.39 is 0 Å². The first-order valence-corrected chi connectivity index (χ1v) is 17.5. The minimum atomic E-state index is -0.128.